The van der Waals surface area contributed by atoms with Gasteiger partial charge in [-0.15, -0.1) is 0 Å². The number of aryl methyl sites for hydroxylation is 1. The van der Waals surface area contributed by atoms with E-state index in [9.17, 15) is 29.1 Å². The van der Waals surface area contributed by atoms with Gasteiger partial charge < -0.3 is 14.9 Å². The number of phenols is 1. The predicted molar refractivity (Wildman–Crippen MR) is 212 cm³/mol. The van der Waals surface area contributed by atoms with Crippen LogP contribution in [0.25, 0.3) is 0 Å². The van der Waals surface area contributed by atoms with Crippen molar-refractivity contribution in [2.45, 2.75) is 75.5 Å². The Hall–Kier alpha value is -5.81. The van der Waals surface area contributed by atoms with Crippen LogP contribution < -0.4 is 10.2 Å². The molecule has 6 aliphatic rings. The first-order valence-electron chi connectivity index (χ1n) is 20.3. The highest BCUT2D eigenvalue weighted by molar-refractivity contribution is 6.23. The SMILES string of the molecule is O=C1CC[C@@H](N2C(=O)c3cc4c(cc3C2=O)CN(C2CN(C(=O)C3CCN(c5ccc([C@@H]6c7ccc(O)cc7CC[C@@H]6c6ccccc6)cc5)CC3)C2)C4)C(=O)N1. The maximum Gasteiger partial charge on any atom is 0.262 e. The number of fused-ring (bicyclic) bond motifs is 3. The third kappa shape index (κ3) is 6.19. The molecule has 5 aliphatic heterocycles. The largest absolute Gasteiger partial charge is 0.508 e. The lowest BCUT2D eigenvalue weighted by atomic mass is 9.69. The van der Waals surface area contributed by atoms with Gasteiger partial charge in [0.2, 0.25) is 17.7 Å². The molecule has 3 fully saturated rings. The summed E-state index contributed by atoms with van der Waals surface area (Å²) in [5.41, 5.74) is 8.92. The lowest BCUT2D eigenvalue weighted by molar-refractivity contribution is -0.144. The maximum atomic E-state index is 13.6. The highest BCUT2D eigenvalue weighted by Crippen LogP contribution is 2.47. The summed E-state index contributed by atoms with van der Waals surface area (Å²) >= 11 is 0. The van der Waals surface area contributed by atoms with Gasteiger partial charge in [0.1, 0.15) is 11.8 Å². The van der Waals surface area contributed by atoms with Gasteiger partial charge in [-0.25, -0.2) is 0 Å². The van der Waals surface area contributed by atoms with E-state index in [1.54, 1.807) is 12.1 Å². The molecule has 4 aromatic rings. The molecule has 0 unspecified atom stereocenters. The van der Waals surface area contributed by atoms with Gasteiger partial charge in [-0.1, -0.05) is 48.5 Å². The van der Waals surface area contributed by atoms with E-state index in [2.05, 4.69) is 75.8 Å². The Morgan fingerprint density at radius 2 is 1.39 bits per heavy atom. The van der Waals surface area contributed by atoms with Gasteiger partial charge in [-0.3, -0.25) is 39.1 Å². The standard InChI is InChI=1S/C46H45N5O6/c52-35-11-13-37-30(20-35)8-12-36(27-4-2-1-3-5-27)42(37)28-6-9-33(10-7-28)48-18-16-29(17-19-48)44(55)50-25-34(26-50)49-23-31-21-38-39(22-32(31)24-49)46(57)51(45(38)56)40-14-15-41(53)47-43(40)54/h1-7,9-11,13,20-22,29,34,36,40,42,52H,8,12,14-19,23-26H2,(H,47,53,54)/t36-,40-,42+/m1/s1. The average Bonchev–Trinajstić information content (AvgIpc) is 3.72. The van der Waals surface area contributed by atoms with Crippen LogP contribution in [-0.2, 0) is 33.9 Å². The van der Waals surface area contributed by atoms with Gasteiger partial charge in [-0.05, 0) is 108 Å². The Kier molecular flexibility index (Phi) is 8.73. The van der Waals surface area contributed by atoms with E-state index in [4.69, 9.17) is 0 Å². The summed E-state index contributed by atoms with van der Waals surface area (Å²) in [5, 5.41) is 12.5. The minimum Gasteiger partial charge on any atom is -0.508 e. The van der Waals surface area contributed by atoms with E-state index in [-0.39, 0.29) is 36.6 Å². The number of benzene rings is 4. The Balaban J connectivity index is 0.739. The van der Waals surface area contributed by atoms with Crippen molar-refractivity contribution in [2.75, 3.05) is 31.1 Å². The van der Waals surface area contributed by atoms with Crippen LogP contribution in [0.5, 0.6) is 5.75 Å². The minimum absolute atomic E-state index is 0.00588. The summed E-state index contributed by atoms with van der Waals surface area (Å²) in [6.45, 7) is 4.27. The monoisotopic (exact) mass is 763 g/mol. The second-order valence-electron chi connectivity index (χ2n) is 16.7. The molecular weight excluding hydrogens is 719 g/mol. The molecule has 11 nitrogen and oxygen atoms in total. The number of aromatic hydroxyl groups is 1. The summed E-state index contributed by atoms with van der Waals surface area (Å²) in [6.07, 6.45) is 3.82. The number of nitrogens with one attached hydrogen (secondary N) is 1. The Morgan fingerprint density at radius 3 is 2.05 bits per heavy atom. The fourth-order valence-electron chi connectivity index (χ4n) is 10.3. The van der Waals surface area contributed by atoms with E-state index in [0.29, 0.717) is 49.0 Å². The number of carbonyl (C=O) groups excluding carboxylic acids is 5. The van der Waals surface area contributed by atoms with Crippen LogP contribution in [-0.4, -0.2) is 87.6 Å². The zero-order valence-corrected chi connectivity index (χ0v) is 31.7. The van der Waals surface area contributed by atoms with E-state index >= 15 is 0 Å². The number of piperidine rings is 2. The van der Waals surface area contributed by atoms with Gasteiger partial charge in [0.15, 0.2) is 0 Å². The molecular formula is C46H45N5O6. The van der Waals surface area contributed by atoms with Gasteiger partial charge in [0.25, 0.3) is 11.8 Å². The zero-order chi connectivity index (χ0) is 38.9. The molecule has 290 valence electrons. The quantitative estimate of drug-likeness (QED) is 0.260. The van der Waals surface area contributed by atoms with Crippen LogP contribution in [0.3, 0.4) is 0 Å². The van der Waals surface area contributed by atoms with Crippen molar-refractivity contribution in [1.82, 2.24) is 20.0 Å². The number of rotatable bonds is 6. The number of amides is 5. The number of likely N-dealkylation sites (tertiary alicyclic amines) is 1. The zero-order valence-electron chi connectivity index (χ0n) is 31.7. The minimum atomic E-state index is -0.976. The summed E-state index contributed by atoms with van der Waals surface area (Å²) in [7, 11) is 0. The summed E-state index contributed by atoms with van der Waals surface area (Å²) < 4.78 is 0. The molecule has 0 radical (unpaired) electrons. The summed E-state index contributed by atoms with van der Waals surface area (Å²) in [4.78, 5) is 72.1. The number of phenolic OH excluding ortho intramolecular Hbond substituents is 1. The van der Waals surface area contributed by atoms with Crippen molar-refractivity contribution in [3.05, 3.63) is 129 Å². The van der Waals surface area contributed by atoms with E-state index in [1.807, 2.05) is 17.0 Å². The molecule has 0 bridgehead atoms. The Labute approximate surface area is 331 Å². The molecule has 5 heterocycles. The molecule has 11 heteroatoms. The van der Waals surface area contributed by atoms with Crippen molar-refractivity contribution >= 4 is 35.2 Å². The number of hydrogen-bond donors (Lipinski definition) is 2. The molecule has 3 atom stereocenters. The molecule has 0 saturated carbocycles. The van der Waals surface area contributed by atoms with Gasteiger partial charge in [0.05, 0.1) is 11.1 Å². The first-order chi connectivity index (χ1) is 27.7. The van der Waals surface area contributed by atoms with Gasteiger partial charge >= 0.3 is 0 Å². The van der Waals surface area contributed by atoms with Crippen molar-refractivity contribution in [2.24, 2.45) is 5.92 Å². The van der Waals surface area contributed by atoms with Crippen molar-refractivity contribution in [3.8, 4) is 5.75 Å². The number of imide groups is 2. The summed E-state index contributed by atoms with van der Waals surface area (Å²) in [5.74, 6) is -0.857. The highest BCUT2D eigenvalue weighted by Gasteiger charge is 2.46. The Morgan fingerprint density at radius 1 is 0.702 bits per heavy atom. The highest BCUT2D eigenvalue weighted by atomic mass is 16.3. The van der Waals surface area contributed by atoms with E-state index in [0.717, 1.165) is 54.8 Å². The third-order valence-electron chi connectivity index (χ3n) is 13.5. The van der Waals surface area contributed by atoms with Crippen LogP contribution in [0.4, 0.5) is 5.69 Å². The van der Waals surface area contributed by atoms with Crippen molar-refractivity contribution in [3.63, 3.8) is 0 Å². The normalized spacial score (nSPS) is 23.9. The fraction of sp³-hybridized carbons (Fsp3) is 0.370. The Bertz CT molecular complexity index is 2270. The van der Waals surface area contributed by atoms with Crippen LogP contribution in [0, 0.1) is 5.92 Å². The molecule has 3 saturated heterocycles. The van der Waals surface area contributed by atoms with Crippen molar-refractivity contribution in [1.29, 1.82) is 0 Å². The first kappa shape index (κ1) is 35.6. The van der Waals surface area contributed by atoms with Crippen LogP contribution in [0.2, 0.25) is 0 Å². The fourth-order valence-corrected chi connectivity index (χ4v) is 10.3. The van der Waals surface area contributed by atoms with Gasteiger partial charge in [-0.2, -0.15) is 0 Å². The topological polar surface area (TPSA) is 131 Å². The second kappa shape index (κ2) is 14.0. The lowest BCUT2D eigenvalue weighted by Crippen LogP contribution is -2.61. The smallest absolute Gasteiger partial charge is 0.262 e. The molecule has 1 aliphatic carbocycles. The van der Waals surface area contributed by atoms with Crippen molar-refractivity contribution < 1.29 is 29.1 Å². The lowest BCUT2D eigenvalue weighted by Gasteiger charge is -2.46. The number of carbonyl (C=O) groups is 5. The molecule has 57 heavy (non-hydrogen) atoms. The second-order valence-corrected chi connectivity index (χ2v) is 16.7. The van der Waals surface area contributed by atoms with E-state index in [1.165, 1.54) is 27.9 Å². The average molecular weight is 764 g/mol. The van der Waals surface area contributed by atoms with Crippen LogP contribution >= 0.6 is 0 Å². The number of nitrogens with zero attached hydrogens (tertiary/aromatic N) is 4. The van der Waals surface area contributed by atoms with Crippen LogP contribution in [0.15, 0.2) is 84.9 Å². The number of hydrogen-bond acceptors (Lipinski definition) is 8. The molecule has 10 rings (SSSR count). The molecule has 2 N–H and O–H groups in total. The molecule has 0 aromatic heterocycles. The first-order valence-corrected chi connectivity index (χ1v) is 20.3. The van der Waals surface area contributed by atoms with Crippen LogP contribution in [0.1, 0.15) is 98.0 Å². The molecule has 5 amide bonds. The number of anilines is 1. The van der Waals surface area contributed by atoms with Gasteiger partial charge in [0, 0.05) is 69.3 Å². The predicted octanol–water partition coefficient (Wildman–Crippen LogP) is 5.10. The summed E-state index contributed by atoms with van der Waals surface area (Å²) in [6, 6.07) is 28.4. The van der Waals surface area contributed by atoms with E-state index < -0.39 is 29.7 Å². The third-order valence-corrected chi connectivity index (χ3v) is 13.5. The molecule has 4 aromatic carbocycles. The maximum absolute atomic E-state index is 13.6. The molecule has 0 spiro atoms.